The summed E-state index contributed by atoms with van der Waals surface area (Å²) < 4.78 is 10.6. The molecule has 1 amide bonds. The molecule has 1 fully saturated rings. The van der Waals surface area contributed by atoms with Crippen LogP contribution >= 0.6 is 11.6 Å². The Morgan fingerprint density at radius 2 is 1.78 bits per heavy atom. The number of piperazine rings is 1. The second-order valence-corrected chi connectivity index (χ2v) is 8.50. The number of nitrogens with zero attached hydrogens (tertiary/aromatic N) is 2. The lowest BCUT2D eigenvalue weighted by atomic mass is 10.0. The average molecular weight is 460 g/mol. The maximum atomic E-state index is 12.5. The number of fused-ring (bicyclic) bond motifs is 1. The van der Waals surface area contributed by atoms with Crippen molar-refractivity contribution in [2.45, 2.75) is 13.0 Å². The Labute approximate surface area is 191 Å². The van der Waals surface area contributed by atoms with Crippen molar-refractivity contribution in [3.8, 4) is 11.5 Å². The molecule has 2 heterocycles. The third-order valence-electron chi connectivity index (χ3n) is 5.68. The topological polar surface area (TPSA) is 91.3 Å². The van der Waals surface area contributed by atoms with Crippen LogP contribution in [-0.2, 0) is 16.1 Å². The van der Waals surface area contributed by atoms with E-state index in [0.29, 0.717) is 23.7 Å². The van der Waals surface area contributed by atoms with Gasteiger partial charge in [-0.3, -0.25) is 19.4 Å². The first kappa shape index (κ1) is 22.4. The van der Waals surface area contributed by atoms with Crippen molar-refractivity contribution in [1.29, 1.82) is 0 Å². The monoisotopic (exact) mass is 459 g/mol. The first-order chi connectivity index (χ1) is 15.5. The van der Waals surface area contributed by atoms with Gasteiger partial charge < -0.3 is 19.9 Å². The lowest BCUT2D eigenvalue weighted by Gasteiger charge is -2.35. The highest BCUT2D eigenvalue weighted by atomic mass is 35.5. The maximum Gasteiger partial charge on any atom is 0.308 e. The number of carbonyl (C=O) groups excluding carboxylic acids is 1. The van der Waals surface area contributed by atoms with E-state index in [0.717, 1.165) is 43.3 Å². The molecule has 8 nitrogen and oxygen atoms in total. The summed E-state index contributed by atoms with van der Waals surface area (Å²) in [5.74, 6) is -0.888. The number of ether oxygens (including phenoxy) is 2. The number of nitrogens with one attached hydrogen (secondary N) is 1. The number of carboxylic acid groups (broad SMARTS) is 1. The van der Waals surface area contributed by atoms with Gasteiger partial charge in [-0.15, -0.1) is 0 Å². The van der Waals surface area contributed by atoms with E-state index in [9.17, 15) is 14.7 Å². The van der Waals surface area contributed by atoms with Crippen LogP contribution in [0.3, 0.4) is 0 Å². The summed E-state index contributed by atoms with van der Waals surface area (Å²) in [5, 5.41) is 13.1. The van der Waals surface area contributed by atoms with Crippen LogP contribution in [0, 0.1) is 5.92 Å². The van der Waals surface area contributed by atoms with Gasteiger partial charge in [-0.2, -0.15) is 0 Å². The highest BCUT2D eigenvalue weighted by molar-refractivity contribution is 6.30. The number of carboxylic acids is 1. The van der Waals surface area contributed by atoms with Crippen molar-refractivity contribution in [2.75, 3.05) is 44.8 Å². The Balaban J connectivity index is 1.25. The molecule has 0 saturated carbocycles. The van der Waals surface area contributed by atoms with Gasteiger partial charge in [0.15, 0.2) is 11.5 Å². The number of halogens is 1. The predicted octanol–water partition coefficient (Wildman–Crippen LogP) is 2.92. The Hall–Kier alpha value is -2.81. The van der Waals surface area contributed by atoms with E-state index in [4.69, 9.17) is 21.1 Å². The fraction of sp³-hybridized carbons (Fsp3) is 0.391. The fourth-order valence-electron chi connectivity index (χ4n) is 3.98. The molecule has 4 rings (SSSR count). The largest absolute Gasteiger partial charge is 0.481 e. The Bertz CT molecular complexity index is 978. The number of amides is 1. The van der Waals surface area contributed by atoms with E-state index < -0.39 is 11.9 Å². The van der Waals surface area contributed by atoms with Gasteiger partial charge in [-0.05, 0) is 29.8 Å². The SMILES string of the molecule is O=C(CC(CN1CCN(Cc2cccc(Cl)c2)CC1)C(=O)O)Nc1ccc2c(c1)OCO2. The minimum atomic E-state index is -0.966. The third kappa shape index (κ3) is 5.91. The minimum absolute atomic E-state index is 0.0908. The summed E-state index contributed by atoms with van der Waals surface area (Å²) in [6.45, 7) is 4.50. The van der Waals surface area contributed by atoms with Crippen LogP contribution in [0.25, 0.3) is 0 Å². The first-order valence-corrected chi connectivity index (χ1v) is 11.0. The summed E-state index contributed by atoms with van der Waals surface area (Å²) in [6, 6.07) is 12.9. The molecular formula is C23H26ClN3O5. The van der Waals surface area contributed by atoms with Crippen molar-refractivity contribution < 1.29 is 24.2 Å². The van der Waals surface area contributed by atoms with Gasteiger partial charge >= 0.3 is 5.97 Å². The number of carbonyl (C=O) groups is 2. The molecule has 170 valence electrons. The van der Waals surface area contributed by atoms with Gasteiger partial charge in [0.1, 0.15) is 0 Å². The second-order valence-electron chi connectivity index (χ2n) is 8.06. The normalized spacial score (nSPS) is 17.2. The van der Waals surface area contributed by atoms with E-state index in [1.807, 2.05) is 18.2 Å². The van der Waals surface area contributed by atoms with Crippen LogP contribution in [0.5, 0.6) is 11.5 Å². The standard InChI is InChI=1S/C23H26ClN3O5/c24-18-3-1-2-16(10-18)13-26-6-8-27(9-7-26)14-17(23(29)30)11-22(28)25-19-4-5-20-21(12-19)32-15-31-20/h1-5,10,12,17H,6-9,11,13-15H2,(H,25,28)(H,29,30). The molecule has 2 N–H and O–H groups in total. The van der Waals surface area contributed by atoms with Gasteiger partial charge in [0.2, 0.25) is 12.7 Å². The molecule has 0 aromatic heterocycles. The zero-order valence-corrected chi connectivity index (χ0v) is 18.4. The highest BCUT2D eigenvalue weighted by Crippen LogP contribution is 2.34. The quantitative estimate of drug-likeness (QED) is 0.627. The van der Waals surface area contributed by atoms with E-state index in [-0.39, 0.29) is 19.1 Å². The number of anilines is 1. The highest BCUT2D eigenvalue weighted by Gasteiger charge is 2.27. The summed E-state index contributed by atoms with van der Waals surface area (Å²) in [6.07, 6.45) is -0.0908. The fourth-order valence-corrected chi connectivity index (χ4v) is 4.19. The average Bonchev–Trinajstić information content (AvgIpc) is 3.22. The summed E-state index contributed by atoms with van der Waals surface area (Å²) in [4.78, 5) is 28.7. The maximum absolute atomic E-state index is 12.5. The number of aliphatic carboxylic acids is 1. The molecule has 2 aromatic rings. The van der Waals surface area contributed by atoms with Crippen LogP contribution in [0.1, 0.15) is 12.0 Å². The van der Waals surface area contributed by atoms with E-state index in [1.54, 1.807) is 18.2 Å². The van der Waals surface area contributed by atoms with Gasteiger partial charge in [-0.25, -0.2) is 0 Å². The first-order valence-electron chi connectivity index (χ1n) is 10.6. The van der Waals surface area contributed by atoms with Crippen LogP contribution in [0.15, 0.2) is 42.5 Å². The van der Waals surface area contributed by atoms with Crippen molar-refractivity contribution in [3.63, 3.8) is 0 Å². The zero-order chi connectivity index (χ0) is 22.5. The molecule has 2 aliphatic rings. The van der Waals surface area contributed by atoms with E-state index >= 15 is 0 Å². The van der Waals surface area contributed by atoms with Crippen molar-refractivity contribution in [1.82, 2.24) is 9.80 Å². The molecule has 0 bridgehead atoms. The van der Waals surface area contributed by atoms with Crippen LogP contribution in [-0.4, -0.2) is 66.3 Å². The summed E-state index contributed by atoms with van der Waals surface area (Å²) >= 11 is 6.06. The number of hydrogen-bond acceptors (Lipinski definition) is 6. The van der Waals surface area contributed by atoms with Crippen LogP contribution < -0.4 is 14.8 Å². The predicted molar refractivity (Wildman–Crippen MR) is 120 cm³/mol. The van der Waals surface area contributed by atoms with Crippen molar-refractivity contribution in [3.05, 3.63) is 53.1 Å². The van der Waals surface area contributed by atoms with E-state index in [2.05, 4.69) is 21.2 Å². The molecule has 0 spiro atoms. The van der Waals surface area contributed by atoms with Gasteiger partial charge in [0, 0.05) is 62.5 Å². The lowest BCUT2D eigenvalue weighted by Crippen LogP contribution is -2.48. The molecular weight excluding hydrogens is 434 g/mol. The Morgan fingerprint density at radius 3 is 2.53 bits per heavy atom. The molecule has 1 unspecified atom stereocenters. The van der Waals surface area contributed by atoms with Crippen LogP contribution in [0.2, 0.25) is 5.02 Å². The molecule has 32 heavy (non-hydrogen) atoms. The number of benzene rings is 2. The Morgan fingerprint density at radius 1 is 1.03 bits per heavy atom. The third-order valence-corrected chi connectivity index (χ3v) is 5.91. The number of hydrogen-bond donors (Lipinski definition) is 2. The summed E-state index contributed by atoms with van der Waals surface area (Å²) in [5.41, 5.74) is 1.72. The zero-order valence-electron chi connectivity index (χ0n) is 17.6. The Kier molecular flexibility index (Phi) is 7.14. The molecule has 9 heteroatoms. The van der Waals surface area contributed by atoms with E-state index in [1.165, 1.54) is 0 Å². The van der Waals surface area contributed by atoms with Gasteiger partial charge in [0.05, 0.1) is 5.92 Å². The van der Waals surface area contributed by atoms with Gasteiger partial charge in [-0.1, -0.05) is 23.7 Å². The van der Waals surface area contributed by atoms with Crippen molar-refractivity contribution >= 4 is 29.2 Å². The lowest BCUT2D eigenvalue weighted by molar-refractivity contribution is -0.144. The molecule has 1 saturated heterocycles. The van der Waals surface area contributed by atoms with Gasteiger partial charge in [0.25, 0.3) is 0 Å². The molecule has 2 aromatic carbocycles. The minimum Gasteiger partial charge on any atom is -0.481 e. The second kappa shape index (κ2) is 10.2. The van der Waals surface area contributed by atoms with Crippen LogP contribution in [0.4, 0.5) is 5.69 Å². The molecule has 2 aliphatic heterocycles. The number of rotatable bonds is 8. The van der Waals surface area contributed by atoms with Crippen molar-refractivity contribution in [2.24, 2.45) is 5.92 Å². The molecule has 1 atom stereocenters. The summed E-state index contributed by atoms with van der Waals surface area (Å²) in [7, 11) is 0. The smallest absolute Gasteiger partial charge is 0.308 e. The molecule has 0 radical (unpaired) electrons. The molecule has 0 aliphatic carbocycles.